The van der Waals surface area contributed by atoms with Crippen LogP contribution in [0.15, 0.2) is 42.5 Å². The summed E-state index contributed by atoms with van der Waals surface area (Å²) in [7, 11) is 0. The lowest BCUT2D eigenvalue weighted by molar-refractivity contribution is -0.0650. The van der Waals surface area contributed by atoms with E-state index in [2.05, 4.69) is 0 Å². The van der Waals surface area contributed by atoms with Crippen LogP contribution >= 0.6 is 0 Å². The van der Waals surface area contributed by atoms with E-state index in [1.807, 2.05) is 0 Å². The molecule has 0 saturated carbocycles. The molecular weight excluding hydrogens is 347 g/mol. The molecule has 0 radical (unpaired) electrons. The Morgan fingerprint density at radius 2 is 1.88 bits per heavy atom. The molecule has 1 saturated heterocycles. The summed E-state index contributed by atoms with van der Waals surface area (Å²) in [6, 6.07) is 9.79. The topological polar surface area (TPSA) is 38.8 Å². The van der Waals surface area contributed by atoms with Crippen LogP contribution in [0.5, 0.6) is 0 Å². The van der Waals surface area contributed by atoms with Crippen LogP contribution in [0.3, 0.4) is 0 Å². The van der Waals surface area contributed by atoms with Crippen LogP contribution in [-0.2, 0) is 16.1 Å². The molecular formula is C19H18F3NO3. The largest absolute Gasteiger partial charge is 0.374 e. The molecule has 0 bridgehead atoms. The van der Waals surface area contributed by atoms with Gasteiger partial charge in [0.25, 0.3) is 5.91 Å². The Labute approximate surface area is 149 Å². The Balaban J connectivity index is 1.56. The van der Waals surface area contributed by atoms with E-state index in [4.69, 9.17) is 9.47 Å². The van der Waals surface area contributed by atoms with Gasteiger partial charge < -0.3 is 14.4 Å². The number of ether oxygens (including phenoxy) is 2. The molecule has 0 spiro atoms. The van der Waals surface area contributed by atoms with Crippen molar-refractivity contribution in [3.05, 3.63) is 71.0 Å². The highest BCUT2D eigenvalue weighted by Crippen LogP contribution is 2.16. The highest BCUT2D eigenvalue weighted by molar-refractivity contribution is 5.94. The predicted molar refractivity (Wildman–Crippen MR) is 88.1 cm³/mol. The maximum Gasteiger partial charge on any atom is 0.257 e. The van der Waals surface area contributed by atoms with Gasteiger partial charge in [0, 0.05) is 18.7 Å². The molecule has 4 nitrogen and oxygen atoms in total. The van der Waals surface area contributed by atoms with E-state index in [9.17, 15) is 18.0 Å². The second kappa shape index (κ2) is 8.33. The minimum atomic E-state index is -1.16. The monoisotopic (exact) mass is 365 g/mol. The molecule has 26 heavy (non-hydrogen) atoms. The van der Waals surface area contributed by atoms with Crippen LogP contribution in [0, 0.1) is 17.5 Å². The lowest BCUT2D eigenvalue weighted by Gasteiger charge is -2.33. The molecule has 1 amide bonds. The summed E-state index contributed by atoms with van der Waals surface area (Å²) in [6.07, 6.45) is -0.420. The number of carbonyl (C=O) groups is 1. The van der Waals surface area contributed by atoms with Crippen LogP contribution in [0.2, 0.25) is 0 Å². The summed E-state index contributed by atoms with van der Waals surface area (Å²) < 4.78 is 51.7. The quantitative estimate of drug-likeness (QED) is 0.817. The molecule has 0 aromatic heterocycles. The summed E-state index contributed by atoms with van der Waals surface area (Å²) >= 11 is 0. The molecule has 0 aliphatic carbocycles. The molecule has 1 aliphatic heterocycles. The Morgan fingerprint density at radius 1 is 1.12 bits per heavy atom. The third kappa shape index (κ3) is 4.23. The molecule has 1 aliphatic rings. The van der Waals surface area contributed by atoms with Gasteiger partial charge in [0.15, 0.2) is 11.6 Å². The molecule has 1 unspecified atom stereocenters. The van der Waals surface area contributed by atoms with Crippen molar-refractivity contribution in [2.75, 3.05) is 26.3 Å². The number of carbonyl (C=O) groups excluding carboxylic acids is 1. The van der Waals surface area contributed by atoms with Crippen LogP contribution in [0.4, 0.5) is 13.2 Å². The van der Waals surface area contributed by atoms with Crippen LogP contribution < -0.4 is 0 Å². The van der Waals surface area contributed by atoms with Gasteiger partial charge in [0.2, 0.25) is 0 Å². The standard InChI is InChI=1S/C19H18F3NO3/c20-16-6-2-1-4-13(16)11-25-12-14-10-23(8-9-26-14)19(24)15-5-3-7-17(21)18(15)22/h1-7,14H,8-12H2. The van der Waals surface area contributed by atoms with Gasteiger partial charge in [-0.3, -0.25) is 4.79 Å². The lowest BCUT2D eigenvalue weighted by atomic mass is 10.1. The fraction of sp³-hybridized carbons (Fsp3) is 0.316. The maximum atomic E-state index is 13.8. The van der Waals surface area contributed by atoms with Gasteiger partial charge in [-0.2, -0.15) is 0 Å². The van der Waals surface area contributed by atoms with Gasteiger partial charge in [0.05, 0.1) is 31.5 Å². The van der Waals surface area contributed by atoms with Gasteiger partial charge in [0.1, 0.15) is 5.82 Å². The molecule has 138 valence electrons. The molecule has 0 N–H and O–H groups in total. The number of hydrogen-bond donors (Lipinski definition) is 0. The zero-order chi connectivity index (χ0) is 18.5. The number of hydrogen-bond acceptors (Lipinski definition) is 3. The first-order chi connectivity index (χ1) is 12.6. The Bertz CT molecular complexity index is 784. The van der Waals surface area contributed by atoms with Crippen molar-refractivity contribution in [3.8, 4) is 0 Å². The first-order valence-electron chi connectivity index (χ1n) is 8.22. The number of benzene rings is 2. The molecule has 1 heterocycles. The number of nitrogens with zero attached hydrogens (tertiary/aromatic N) is 1. The van der Waals surface area contributed by atoms with Crippen molar-refractivity contribution < 1.29 is 27.4 Å². The van der Waals surface area contributed by atoms with Crippen LogP contribution in [0.25, 0.3) is 0 Å². The third-order valence-corrected chi connectivity index (χ3v) is 4.13. The van der Waals surface area contributed by atoms with E-state index in [0.717, 1.165) is 6.07 Å². The Hall–Kier alpha value is -2.38. The van der Waals surface area contributed by atoms with Gasteiger partial charge in [-0.15, -0.1) is 0 Å². The SMILES string of the molecule is O=C(c1cccc(F)c1F)N1CCOC(COCc2ccccc2F)C1. The first kappa shape index (κ1) is 18.4. The Morgan fingerprint density at radius 3 is 2.69 bits per heavy atom. The van der Waals surface area contributed by atoms with Crippen molar-refractivity contribution >= 4 is 5.91 Å². The summed E-state index contributed by atoms with van der Waals surface area (Å²) in [5.41, 5.74) is 0.121. The third-order valence-electron chi connectivity index (χ3n) is 4.13. The molecule has 1 fully saturated rings. The number of halogens is 3. The van der Waals surface area contributed by atoms with E-state index >= 15 is 0 Å². The fourth-order valence-electron chi connectivity index (χ4n) is 2.76. The van der Waals surface area contributed by atoms with Crippen molar-refractivity contribution in [1.82, 2.24) is 4.90 Å². The summed E-state index contributed by atoms with van der Waals surface area (Å²) in [5.74, 6) is -3.16. The number of amides is 1. The fourth-order valence-corrected chi connectivity index (χ4v) is 2.76. The first-order valence-corrected chi connectivity index (χ1v) is 8.22. The van der Waals surface area contributed by atoms with E-state index in [1.54, 1.807) is 18.2 Å². The number of morpholine rings is 1. The van der Waals surface area contributed by atoms with E-state index in [-0.39, 0.29) is 44.3 Å². The van der Waals surface area contributed by atoms with Crippen molar-refractivity contribution in [1.29, 1.82) is 0 Å². The van der Waals surface area contributed by atoms with Crippen molar-refractivity contribution in [3.63, 3.8) is 0 Å². The second-order valence-electron chi connectivity index (χ2n) is 5.95. The zero-order valence-corrected chi connectivity index (χ0v) is 14.0. The highest BCUT2D eigenvalue weighted by atomic mass is 19.2. The van der Waals surface area contributed by atoms with E-state index < -0.39 is 23.6 Å². The summed E-state index contributed by atoms with van der Waals surface area (Å²) in [4.78, 5) is 13.8. The Kier molecular flexibility index (Phi) is 5.90. The molecule has 1 atom stereocenters. The van der Waals surface area contributed by atoms with Crippen molar-refractivity contribution in [2.24, 2.45) is 0 Å². The maximum absolute atomic E-state index is 13.8. The average Bonchev–Trinajstić information content (AvgIpc) is 2.65. The average molecular weight is 365 g/mol. The van der Waals surface area contributed by atoms with E-state index in [0.29, 0.717) is 5.56 Å². The second-order valence-corrected chi connectivity index (χ2v) is 5.95. The lowest BCUT2D eigenvalue weighted by Crippen LogP contribution is -2.47. The van der Waals surface area contributed by atoms with Crippen LogP contribution in [0.1, 0.15) is 15.9 Å². The zero-order valence-electron chi connectivity index (χ0n) is 14.0. The minimum absolute atomic E-state index is 0.0823. The summed E-state index contributed by atoms with van der Waals surface area (Å²) in [5, 5.41) is 0. The van der Waals surface area contributed by atoms with Crippen LogP contribution in [-0.4, -0.2) is 43.2 Å². The van der Waals surface area contributed by atoms with E-state index in [1.165, 1.54) is 23.1 Å². The van der Waals surface area contributed by atoms with Gasteiger partial charge in [-0.05, 0) is 18.2 Å². The summed E-state index contributed by atoms with van der Waals surface area (Å²) in [6.45, 7) is 0.962. The molecule has 3 rings (SSSR count). The molecule has 7 heteroatoms. The molecule has 2 aromatic carbocycles. The normalized spacial score (nSPS) is 17.3. The molecule has 2 aromatic rings. The van der Waals surface area contributed by atoms with Gasteiger partial charge in [-0.25, -0.2) is 13.2 Å². The number of rotatable bonds is 5. The minimum Gasteiger partial charge on any atom is -0.374 e. The smallest absolute Gasteiger partial charge is 0.257 e. The predicted octanol–water partition coefficient (Wildman–Crippen LogP) is 3.16. The highest BCUT2D eigenvalue weighted by Gasteiger charge is 2.27. The van der Waals surface area contributed by atoms with Crippen molar-refractivity contribution in [2.45, 2.75) is 12.7 Å². The van der Waals surface area contributed by atoms with Gasteiger partial charge in [-0.1, -0.05) is 24.3 Å². The van der Waals surface area contributed by atoms with Gasteiger partial charge >= 0.3 is 0 Å².